The van der Waals surface area contributed by atoms with Crippen LogP contribution in [0.4, 0.5) is 0 Å². The van der Waals surface area contributed by atoms with Crippen LogP contribution >= 0.6 is 0 Å². The molecule has 1 aromatic rings. The zero-order valence-corrected chi connectivity index (χ0v) is 12.9. The van der Waals surface area contributed by atoms with Gasteiger partial charge in [-0.05, 0) is 50.7 Å². The maximum atomic E-state index is 13.2. The molecule has 22 heavy (non-hydrogen) atoms. The molecule has 4 rings (SSSR count). The second-order valence-corrected chi connectivity index (χ2v) is 6.95. The van der Waals surface area contributed by atoms with Crippen molar-refractivity contribution in [3.05, 3.63) is 29.1 Å². The summed E-state index contributed by atoms with van der Waals surface area (Å²) in [6, 6.07) is 3.92. The summed E-state index contributed by atoms with van der Waals surface area (Å²) in [5, 5.41) is 10.5. The lowest BCUT2D eigenvalue weighted by atomic mass is 9.73. The molecule has 2 fully saturated rings. The van der Waals surface area contributed by atoms with Crippen LogP contribution < -0.4 is 0 Å². The first-order valence-corrected chi connectivity index (χ1v) is 8.28. The van der Waals surface area contributed by atoms with E-state index < -0.39 is 5.54 Å². The Morgan fingerprint density at radius 2 is 1.91 bits per heavy atom. The number of Topliss-reactive ketones (excluding diaryl/α,β-unsaturated/α-hetero) is 2. The summed E-state index contributed by atoms with van der Waals surface area (Å²) < 4.78 is 2.09. The van der Waals surface area contributed by atoms with Gasteiger partial charge in [-0.25, -0.2) is 0 Å². The largest absolute Gasteiger partial charge is 0.505 e. The predicted molar refractivity (Wildman–Crippen MR) is 82.7 cm³/mol. The van der Waals surface area contributed by atoms with Crippen LogP contribution in [-0.2, 0) is 15.1 Å². The van der Waals surface area contributed by atoms with Crippen molar-refractivity contribution in [3.8, 4) is 0 Å². The van der Waals surface area contributed by atoms with Crippen LogP contribution in [0.5, 0.6) is 0 Å². The molecular formula is C18H21NO3. The number of nitrogens with zero attached hydrogens (tertiary/aromatic N) is 1. The molecule has 4 nitrogen and oxygen atoms in total. The average molecular weight is 299 g/mol. The van der Waals surface area contributed by atoms with Gasteiger partial charge >= 0.3 is 0 Å². The van der Waals surface area contributed by atoms with E-state index in [9.17, 15) is 14.7 Å². The van der Waals surface area contributed by atoms with Gasteiger partial charge in [0.1, 0.15) is 11.1 Å². The van der Waals surface area contributed by atoms with E-state index in [0.717, 1.165) is 44.9 Å². The third-order valence-electron chi connectivity index (χ3n) is 5.50. The molecule has 4 heteroatoms. The first-order chi connectivity index (χ1) is 10.6. The van der Waals surface area contributed by atoms with E-state index in [-0.39, 0.29) is 22.9 Å². The van der Waals surface area contributed by atoms with Gasteiger partial charge in [0, 0.05) is 5.69 Å². The van der Waals surface area contributed by atoms with E-state index in [2.05, 4.69) is 4.57 Å². The molecule has 0 saturated heterocycles. The summed E-state index contributed by atoms with van der Waals surface area (Å²) in [7, 11) is 0. The average Bonchev–Trinajstić information content (AvgIpc) is 3.24. The number of aromatic nitrogens is 1. The number of aliphatic hydroxyl groups excluding tert-OH is 1. The lowest BCUT2D eigenvalue weighted by molar-refractivity contribution is -0.128. The maximum Gasteiger partial charge on any atom is 0.196 e. The Labute approximate surface area is 129 Å². The number of ketones is 2. The lowest BCUT2D eigenvalue weighted by Crippen LogP contribution is -2.49. The van der Waals surface area contributed by atoms with Crippen molar-refractivity contribution in [2.45, 2.75) is 63.3 Å². The summed E-state index contributed by atoms with van der Waals surface area (Å²) in [5.41, 5.74) is 1.20. The van der Waals surface area contributed by atoms with E-state index in [4.69, 9.17) is 0 Å². The van der Waals surface area contributed by atoms with Gasteiger partial charge in [0.2, 0.25) is 0 Å². The molecule has 0 radical (unpaired) electrons. The van der Waals surface area contributed by atoms with Crippen molar-refractivity contribution in [2.24, 2.45) is 0 Å². The molecule has 0 atom stereocenters. The van der Waals surface area contributed by atoms with Gasteiger partial charge in [0.15, 0.2) is 17.3 Å². The highest BCUT2D eigenvalue weighted by Gasteiger charge is 2.50. The van der Waals surface area contributed by atoms with E-state index in [1.807, 2.05) is 12.1 Å². The highest BCUT2D eigenvalue weighted by Crippen LogP contribution is 2.49. The van der Waals surface area contributed by atoms with E-state index in [0.29, 0.717) is 11.6 Å². The number of hydrogen-bond donors (Lipinski definition) is 1. The Bertz CT molecular complexity index is 700. The minimum Gasteiger partial charge on any atom is -0.505 e. The van der Waals surface area contributed by atoms with Gasteiger partial charge in [-0.3, -0.25) is 9.59 Å². The number of aliphatic hydroxyl groups is 1. The van der Waals surface area contributed by atoms with Crippen LogP contribution in [0.3, 0.4) is 0 Å². The number of hydrogen-bond acceptors (Lipinski definition) is 3. The molecule has 1 N–H and O–H groups in total. The van der Waals surface area contributed by atoms with Crippen molar-refractivity contribution in [3.63, 3.8) is 0 Å². The number of rotatable bonds is 2. The highest BCUT2D eigenvalue weighted by atomic mass is 16.3. The first kappa shape index (κ1) is 13.8. The van der Waals surface area contributed by atoms with Gasteiger partial charge in [-0.1, -0.05) is 19.3 Å². The van der Waals surface area contributed by atoms with E-state index in [1.165, 1.54) is 12.6 Å². The molecule has 116 valence electrons. The minimum absolute atomic E-state index is 0.00912. The Balaban J connectivity index is 1.99. The summed E-state index contributed by atoms with van der Waals surface area (Å²) in [4.78, 5) is 25.1. The van der Waals surface area contributed by atoms with Crippen molar-refractivity contribution in [1.29, 1.82) is 0 Å². The van der Waals surface area contributed by atoms with Crippen molar-refractivity contribution in [2.75, 3.05) is 0 Å². The number of allylic oxidation sites excluding steroid dienone is 1. The van der Waals surface area contributed by atoms with Gasteiger partial charge in [0.25, 0.3) is 0 Å². The molecule has 0 aromatic carbocycles. The lowest BCUT2D eigenvalue weighted by Gasteiger charge is -2.42. The van der Waals surface area contributed by atoms with Crippen molar-refractivity contribution < 1.29 is 14.7 Å². The van der Waals surface area contributed by atoms with Crippen LogP contribution in [0.15, 0.2) is 17.7 Å². The quantitative estimate of drug-likeness (QED) is 0.851. The first-order valence-electron chi connectivity index (χ1n) is 8.28. The molecule has 1 aliphatic heterocycles. The standard InChI is InChI=1S/C18H21NO3/c1-11(20)15-16(21)14-8-7-13(12-5-6-12)19(14)18(17(15)22)9-3-2-4-10-18/h7-8,12,21H,2-6,9-10H2,1H3. The molecule has 3 aliphatic rings. The SMILES string of the molecule is CC(=O)C1=C(O)c2ccc(C3CC3)n2C2(CCCCC2)C1=O. The summed E-state index contributed by atoms with van der Waals surface area (Å²) in [6.07, 6.45) is 6.98. The zero-order chi connectivity index (χ0) is 15.5. The molecule has 1 spiro atoms. The van der Waals surface area contributed by atoms with Gasteiger partial charge in [-0.2, -0.15) is 0 Å². The molecular weight excluding hydrogens is 278 g/mol. The van der Waals surface area contributed by atoms with Crippen LogP contribution in [0.25, 0.3) is 5.76 Å². The Morgan fingerprint density at radius 1 is 1.23 bits per heavy atom. The van der Waals surface area contributed by atoms with Crippen LogP contribution in [0, 0.1) is 0 Å². The number of fused-ring (bicyclic) bond motifs is 2. The third-order valence-corrected chi connectivity index (χ3v) is 5.50. The highest BCUT2D eigenvalue weighted by molar-refractivity contribution is 6.27. The molecule has 2 heterocycles. The van der Waals surface area contributed by atoms with Crippen LogP contribution in [-0.4, -0.2) is 21.2 Å². The van der Waals surface area contributed by atoms with E-state index in [1.54, 1.807) is 0 Å². The van der Waals surface area contributed by atoms with Crippen molar-refractivity contribution in [1.82, 2.24) is 4.57 Å². The third kappa shape index (κ3) is 1.70. The zero-order valence-electron chi connectivity index (χ0n) is 12.9. The van der Waals surface area contributed by atoms with E-state index >= 15 is 0 Å². The predicted octanol–water partition coefficient (Wildman–Crippen LogP) is 3.47. The molecule has 0 bridgehead atoms. The van der Waals surface area contributed by atoms with Crippen molar-refractivity contribution >= 4 is 17.3 Å². The second kappa shape index (κ2) is 4.58. The monoisotopic (exact) mass is 299 g/mol. The molecule has 0 unspecified atom stereocenters. The number of carbonyl (C=O) groups is 2. The topological polar surface area (TPSA) is 59.3 Å². The van der Waals surface area contributed by atoms with Gasteiger partial charge in [-0.15, -0.1) is 0 Å². The molecule has 1 aromatic heterocycles. The minimum atomic E-state index is -0.637. The fourth-order valence-corrected chi connectivity index (χ4v) is 4.30. The summed E-state index contributed by atoms with van der Waals surface area (Å²) in [6.45, 7) is 1.38. The fraction of sp³-hybridized carbons (Fsp3) is 0.556. The Kier molecular flexibility index (Phi) is 2.87. The molecule has 0 amide bonds. The number of carbonyl (C=O) groups excluding carboxylic acids is 2. The Hall–Kier alpha value is -1.84. The Morgan fingerprint density at radius 3 is 2.50 bits per heavy atom. The molecule has 2 aliphatic carbocycles. The van der Waals surface area contributed by atoms with Crippen LogP contribution in [0.2, 0.25) is 0 Å². The summed E-state index contributed by atoms with van der Waals surface area (Å²) >= 11 is 0. The van der Waals surface area contributed by atoms with Crippen LogP contribution in [0.1, 0.15) is 69.2 Å². The van der Waals surface area contributed by atoms with Gasteiger partial charge < -0.3 is 9.67 Å². The smallest absolute Gasteiger partial charge is 0.196 e. The fourth-order valence-electron chi connectivity index (χ4n) is 4.30. The second-order valence-electron chi connectivity index (χ2n) is 6.95. The molecule has 2 saturated carbocycles. The normalized spacial score (nSPS) is 23.8. The summed E-state index contributed by atoms with van der Waals surface area (Å²) in [5.74, 6) is -0.108. The maximum absolute atomic E-state index is 13.2. The van der Waals surface area contributed by atoms with Gasteiger partial charge in [0.05, 0.1) is 5.69 Å².